The van der Waals surface area contributed by atoms with Crippen LogP contribution >= 0.6 is 24.0 Å². The Morgan fingerprint density at radius 2 is 1.96 bits per heavy atom. The Morgan fingerprint density at radius 1 is 1.20 bits per heavy atom. The fourth-order valence-corrected chi connectivity index (χ4v) is 3.63. The van der Waals surface area contributed by atoms with Crippen molar-refractivity contribution in [2.75, 3.05) is 13.7 Å². The van der Waals surface area contributed by atoms with Gasteiger partial charge >= 0.3 is 0 Å². The number of ketones is 1. The minimum atomic E-state index is -0.248. The minimum Gasteiger partial charge on any atom is -0.497 e. The number of nitrogens with zero attached hydrogens (tertiary/aromatic N) is 1. The maximum absolute atomic E-state index is 12.6. The van der Waals surface area contributed by atoms with Crippen molar-refractivity contribution in [1.82, 2.24) is 4.90 Å². The van der Waals surface area contributed by atoms with E-state index in [2.05, 4.69) is 0 Å². The van der Waals surface area contributed by atoms with Crippen molar-refractivity contribution in [2.45, 2.75) is 0 Å². The quantitative estimate of drug-likeness (QED) is 0.456. The largest absolute Gasteiger partial charge is 0.497 e. The van der Waals surface area contributed by atoms with Gasteiger partial charge in [-0.05, 0) is 23.8 Å². The lowest BCUT2D eigenvalue weighted by atomic mass is 10.1. The van der Waals surface area contributed by atoms with E-state index in [1.165, 1.54) is 16.7 Å². The van der Waals surface area contributed by atoms with Gasteiger partial charge in [-0.2, -0.15) is 0 Å². The number of carbonyl (C=O) groups is 2. The van der Waals surface area contributed by atoms with Crippen LogP contribution in [0.4, 0.5) is 0 Å². The molecule has 3 rings (SSSR count). The van der Waals surface area contributed by atoms with Crippen molar-refractivity contribution < 1.29 is 14.3 Å². The lowest BCUT2D eigenvalue weighted by molar-refractivity contribution is -0.121. The van der Waals surface area contributed by atoms with E-state index in [9.17, 15) is 9.59 Å². The number of hydrogen-bond acceptors (Lipinski definition) is 5. The number of thiocarbonyl (C=S) groups is 1. The maximum Gasteiger partial charge on any atom is 0.266 e. The molecule has 1 aliphatic heterocycles. The first-order chi connectivity index (χ1) is 12.1. The zero-order valence-electron chi connectivity index (χ0n) is 13.5. The minimum absolute atomic E-state index is 0.0515. The van der Waals surface area contributed by atoms with Crippen molar-refractivity contribution in [1.29, 1.82) is 0 Å². The molecular weight excluding hydrogens is 354 g/mol. The van der Waals surface area contributed by atoms with Crippen LogP contribution in [0.5, 0.6) is 5.75 Å². The van der Waals surface area contributed by atoms with Crippen LogP contribution in [-0.4, -0.2) is 34.6 Å². The highest BCUT2D eigenvalue weighted by atomic mass is 32.2. The van der Waals surface area contributed by atoms with E-state index in [0.717, 1.165) is 5.56 Å². The molecule has 2 aromatic rings. The molecule has 0 aromatic heterocycles. The van der Waals surface area contributed by atoms with E-state index in [-0.39, 0.29) is 18.2 Å². The van der Waals surface area contributed by atoms with Gasteiger partial charge in [0.2, 0.25) is 0 Å². The van der Waals surface area contributed by atoms with E-state index in [1.54, 1.807) is 37.5 Å². The molecule has 0 atom stereocenters. The number of hydrogen-bond donors (Lipinski definition) is 0. The van der Waals surface area contributed by atoms with Crippen molar-refractivity contribution in [3.63, 3.8) is 0 Å². The molecule has 0 bridgehead atoms. The number of Topliss-reactive ketones (excluding diaryl/α,β-unsaturated/α-hetero) is 1. The summed E-state index contributed by atoms with van der Waals surface area (Å²) in [5.41, 5.74) is 1.41. The highest BCUT2D eigenvalue weighted by Crippen LogP contribution is 2.33. The van der Waals surface area contributed by atoms with Gasteiger partial charge in [0.1, 0.15) is 10.1 Å². The molecule has 1 aliphatic rings. The first-order valence-electron chi connectivity index (χ1n) is 7.56. The van der Waals surface area contributed by atoms with Crippen molar-refractivity contribution in [2.24, 2.45) is 0 Å². The Bertz CT molecular complexity index is 862. The molecule has 1 saturated heterocycles. The summed E-state index contributed by atoms with van der Waals surface area (Å²) in [7, 11) is 1.59. The number of amides is 1. The van der Waals surface area contributed by atoms with Crippen LogP contribution in [0.25, 0.3) is 6.08 Å². The Hall–Kier alpha value is -2.44. The second kappa shape index (κ2) is 7.63. The molecule has 1 amide bonds. The highest BCUT2D eigenvalue weighted by molar-refractivity contribution is 8.26. The molecule has 0 aliphatic carbocycles. The Labute approximate surface area is 155 Å². The van der Waals surface area contributed by atoms with E-state index in [4.69, 9.17) is 17.0 Å². The molecule has 0 N–H and O–H groups in total. The summed E-state index contributed by atoms with van der Waals surface area (Å²) in [4.78, 5) is 26.8. The van der Waals surface area contributed by atoms with Crippen molar-refractivity contribution in [3.05, 3.63) is 70.6 Å². The molecule has 4 nitrogen and oxygen atoms in total. The van der Waals surface area contributed by atoms with Crippen LogP contribution < -0.4 is 4.74 Å². The number of methoxy groups -OCH3 is 1. The summed E-state index contributed by atoms with van der Waals surface area (Å²) < 4.78 is 5.58. The zero-order valence-corrected chi connectivity index (χ0v) is 15.1. The van der Waals surface area contributed by atoms with Gasteiger partial charge in [0.25, 0.3) is 5.91 Å². The van der Waals surface area contributed by atoms with Crippen LogP contribution in [-0.2, 0) is 4.79 Å². The van der Waals surface area contributed by atoms with Crippen molar-refractivity contribution >= 4 is 46.1 Å². The van der Waals surface area contributed by atoms with Gasteiger partial charge in [-0.1, -0.05) is 66.4 Å². The lowest BCUT2D eigenvalue weighted by Gasteiger charge is -2.13. The predicted molar refractivity (Wildman–Crippen MR) is 104 cm³/mol. The fraction of sp³-hybridized carbons (Fsp3) is 0.105. The van der Waals surface area contributed by atoms with E-state index >= 15 is 0 Å². The van der Waals surface area contributed by atoms with E-state index in [0.29, 0.717) is 20.5 Å². The third-order valence-corrected chi connectivity index (χ3v) is 5.04. The summed E-state index contributed by atoms with van der Waals surface area (Å²) in [5, 5.41) is 0. The van der Waals surface area contributed by atoms with Crippen LogP contribution in [0.1, 0.15) is 15.9 Å². The molecule has 126 valence electrons. The third-order valence-electron chi connectivity index (χ3n) is 3.66. The summed E-state index contributed by atoms with van der Waals surface area (Å²) in [6.07, 6.45) is 1.76. The first-order valence-corrected chi connectivity index (χ1v) is 8.78. The summed E-state index contributed by atoms with van der Waals surface area (Å²) in [5.74, 6) is 0.324. The monoisotopic (exact) mass is 369 g/mol. The zero-order chi connectivity index (χ0) is 17.8. The summed E-state index contributed by atoms with van der Waals surface area (Å²) in [6.45, 7) is -0.0515. The number of rotatable bonds is 5. The summed E-state index contributed by atoms with van der Waals surface area (Å²) in [6, 6.07) is 16.3. The van der Waals surface area contributed by atoms with Gasteiger partial charge in [0, 0.05) is 5.56 Å². The third kappa shape index (κ3) is 3.97. The molecule has 25 heavy (non-hydrogen) atoms. The molecule has 1 heterocycles. The topological polar surface area (TPSA) is 46.6 Å². The van der Waals surface area contributed by atoms with Gasteiger partial charge in [0.15, 0.2) is 5.78 Å². The number of benzene rings is 2. The average molecular weight is 369 g/mol. The average Bonchev–Trinajstić information content (AvgIpc) is 2.90. The maximum atomic E-state index is 12.6. The second-order valence-electron chi connectivity index (χ2n) is 5.33. The highest BCUT2D eigenvalue weighted by Gasteiger charge is 2.33. The lowest BCUT2D eigenvalue weighted by Crippen LogP contribution is -2.33. The predicted octanol–water partition coefficient (Wildman–Crippen LogP) is 3.78. The standard InChI is InChI=1S/C19H15NO3S2/c1-23-15-9-5-6-13(10-15)11-17-18(22)20(19(24)25-17)12-16(21)14-7-3-2-4-8-14/h2-11H,12H2,1H3/b17-11+. The van der Waals surface area contributed by atoms with Crippen molar-refractivity contribution in [3.8, 4) is 5.75 Å². The van der Waals surface area contributed by atoms with Crippen LogP contribution in [0.3, 0.4) is 0 Å². The number of thioether (sulfide) groups is 1. The first kappa shape index (κ1) is 17.4. The Morgan fingerprint density at radius 3 is 2.68 bits per heavy atom. The summed E-state index contributed by atoms with van der Waals surface area (Å²) >= 11 is 6.48. The van der Waals surface area contributed by atoms with E-state index in [1.807, 2.05) is 30.3 Å². The SMILES string of the molecule is COc1cccc(/C=C2/SC(=S)N(CC(=O)c3ccccc3)C2=O)c1. The van der Waals surface area contributed by atoms with Crippen LogP contribution in [0.2, 0.25) is 0 Å². The smallest absolute Gasteiger partial charge is 0.266 e. The molecule has 6 heteroatoms. The molecule has 0 radical (unpaired) electrons. The molecule has 0 unspecified atom stereocenters. The van der Waals surface area contributed by atoms with Crippen LogP contribution in [0.15, 0.2) is 59.5 Å². The van der Waals surface area contributed by atoms with Crippen LogP contribution in [0, 0.1) is 0 Å². The Kier molecular flexibility index (Phi) is 5.31. The normalized spacial score (nSPS) is 15.7. The molecule has 1 fully saturated rings. The number of carbonyl (C=O) groups excluding carboxylic acids is 2. The van der Waals surface area contributed by atoms with Gasteiger partial charge in [0.05, 0.1) is 18.6 Å². The molecule has 0 saturated carbocycles. The van der Waals surface area contributed by atoms with Gasteiger partial charge in [-0.15, -0.1) is 0 Å². The Balaban J connectivity index is 1.78. The fourth-order valence-electron chi connectivity index (χ4n) is 2.38. The number of ether oxygens (including phenoxy) is 1. The van der Waals surface area contributed by atoms with Gasteiger partial charge in [-0.25, -0.2) is 0 Å². The molecule has 2 aromatic carbocycles. The van der Waals surface area contributed by atoms with Gasteiger partial charge < -0.3 is 4.74 Å². The van der Waals surface area contributed by atoms with E-state index < -0.39 is 0 Å². The molecular formula is C19H15NO3S2. The van der Waals surface area contributed by atoms with Gasteiger partial charge in [-0.3, -0.25) is 14.5 Å². The molecule has 0 spiro atoms. The second-order valence-corrected chi connectivity index (χ2v) is 7.01.